The number of phenolic OH excluding ortho intramolecular Hbond substituents is 1. The summed E-state index contributed by atoms with van der Waals surface area (Å²) < 4.78 is 13.7. The Hall–Kier alpha value is -1.59. The Labute approximate surface area is 124 Å². The smallest absolute Gasteiger partial charge is 0.348 e. The van der Waals surface area contributed by atoms with Crippen LogP contribution in [-0.4, -0.2) is 46.5 Å². The van der Waals surface area contributed by atoms with E-state index in [1.165, 1.54) is 0 Å². The van der Waals surface area contributed by atoms with E-state index in [0.29, 0.717) is 6.42 Å². The van der Waals surface area contributed by atoms with Gasteiger partial charge in [-0.15, -0.1) is 0 Å². The van der Waals surface area contributed by atoms with E-state index < -0.39 is 11.7 Å². The molecule has 0 amide bonds. The molecule has 3 atom stereocenters. The number of phenols is 1. The third kappa shape index (κ3) is 2.12. The number of ether oxygens (including phenoxy) is 2. The molecule has 5 nitrogen and oxygen atoms in total. The van der Waals surface area contributed by atoms with Crippen molar-refractivity contribution in [2.75, 3.05) is 14.2 Å². The summed E-state index contributed by atoms with van der Waals surface area (Å²) in [5, 5.41) is 20.1. The minimum Gasteiger partial charge on any atom is -0.508 e. The molecule has 2 aliphatic rings. The maximum atomic E-state index is 10.3. The number of hydrogen-bond acceptors (Lipinski definition) is 4. The van der Waals surface area contributed by atoms with Gasteiger partial charge in [-0.25, -0.2) is 0 Å². The van der Waals surface area contributed by atoms with Crippen LogP contribution in [0.3, 0.4) is 0 Å². The Kier molecular flexibility index (Phi) is 3.22. The Morgan fingerprint density at radius 1 is 1.38 bits per heavy atom. The first-order chi connectivity index (χ1) is 9.85. The predicted molar refractivity (Wildman–Crippen MR) is 78.0 cm³/mol. The molecule has 1 aromatic rings. The number of nitrogens with zero attached hydrogens (tertiary/aromatic N) is 1. The summed E-state index contributed by atoms with van der Waals surface area (Å²) in [5.41, 5.74) is 1.26. The quantitative estimate of drug-likeness (QED) is 0.777. The second kappa shape index (κ2) is 4.71. The standard InChI is InChI=1S/C16H21NO4/c1-16(2)13(19)8-11-14(20-4)10-7-9(18)5-6-12(10)17(3)15(11)21-16/h5-7,11,13-14,19H,8H2,1-4H3/p+1. The van der Waals surface area contributed by atoms with Crippen LogP contribution in [0, 0.1) is 5.92 Å². The van der Waals surface area contributed by atoms with E-state index in [2.05, 4.69) is 0 Å². The molecule has 2 aliphatic heterocycles. The normalized spacial score (nSPS) is 30.4. The molecule has 0 aliphatic carbocycles. The van der Waals surface area contributed by atoms with Crippen LogP contribution in [0.2, 0.25) is 0 Å². The lowest BCUT2D eigenvalue weighted by Gasteiger charge is -2.42. The van der Waals surface area contributed by atoms with E-state index in [1.54, 1.807) is 19.2 Å². The van der Waals surface area contributed by atoms with Gasteiger partial charge in [0.05, 0.1) is 11.7 Å². The van der Waals surface area contributed by atoms with Crippen molar-refractivity contribution in [2.45, 2.75) is 38.1 Å². The van der Waals surface area contributed by atoms with Crippen molar-refractivity contribution < 1.29 is 24.3 Å². The molecule has 0 radical (unpaired) electrons. The summed E-state index contributed by atoms with van der Waals surface area (Å²) in [7, 11) is 3.59. The SMILES string of the molecule is COC1c2cc(O)ccc2[N+](C)=C2OC(C)(C)C(O)CC21. The fourth-order valence-electron chi connectivity index (χ4n) is 3.31. The van der Waals surface area contributed by atoms with Crippen molar-refractivity contribution >= 4 is 11.6 Å². The predicted octanol–water partition coefficient (Wildman–Crippen LogP) is 1.94. The van der Waals surface area contributed by atoms with E-state index in [9.17, 15) is 10.2 Å². The van der Waals surface area contributed by atoms with E-state index in [0.717, 1.165) is 17.1 Å². The molecule has 3 unspecified atom stereocenters. The number of rotatable bonds is 1. The van der Waals surface area contributed by atoms with Crippen LogP contribution in [0.25, 0.3) is 0 Å². The molecule has 2 N–H and O–H groups in total. The number of hydrogen-bond donors (Lipinski definition) is 2. The monoisotopic (exact) mass is 292 g/mol. The lowest BCUT2D eigenvalue weighted by Crippen LogP contribution is -2.53. The molecule has 1 fully saturated rings. The third-order valence-electron chi connectivity index (χ3n) is 4.59. The van der Waals surface area contributed by atoms with E-state index in [4.69, 9.17) is 9.47 Å². The minimum atomic E-state index is -0.618. The summed E-state index contributed by atoms with van der Waals surface area (Å²) in [6, 6.07) is 5.25. The van der Waals surface area contributed by atoms with Gasteiger partial charge in [0, 0.05) is 13.2 Å². The van der Waals surface area contributed by atoms with Crippen molar-refractivity contribution in [3.05, 3.63) is 23.8 Å². The van der Waals surface area contributed by atoms with Crippen LogP contribution in [0.15, 0.2) is 18.2 Å². The number of aliphatic hydroxyl groups is 1. The van der Waals surface area contributed by atoms with Crippen LogP contribution in [-0.2, 0) is 9.47 Å². The van der Waals surface area contributed by atoms with Crippen LogP contribution in [0.5, 0.6) is 5.75 Å². The van der Waals surface area contributed by atoms with Gasteiger partial charge in [-0.05, 0) is 32.4 Å². The Morgan fingerprint density at radius 3 is 2.76 bits per heavy atom. The Balaban J connectivity index is 2.16. The first-order valence-electron chi connectivity index (χ1n) is 7.18. The molecule has 5 heteroatoms. The molecule has 0 aromatic heterocycles. The van der Waals surface area contributed by atoms with Crippen LogP contribution in [0.1, 0.15) is 31.9 Å². The van der Waals surface area contributed by atoms with Gasteiger partial charge in [-0.1, -0.05) is 0 Å². The summed E-state index contributed by atoms with van der Waals surface area (Å²) in [5.74, 6) is 0.970. The highest BCUT2D eigenvalue weighted by Crippen LogP contribution is 2.45. The number of benzene rings is 1. The van der Waals surface area contributed by atoms with E-state index >= 15 is 0 Å². The zero-order valence-corrected chi connectivity index (χ0v) is 12.8. The fourth-order valence-corrected chi connectivity index (χ4v) is 3.31. The molecule has 21 heavy (non-hydrogen) atoms. The van der Waals surface area contributed by atoms with Gasteiger partial charge in [0.25, 0.3) is 0 Å². The fraction of sp³-hybridized carbons (Fsp3) is 0.562. The highest BCUT2D eigenvalue weighted by atomic mass is 16.5. The highest BCUT2D eigenvalue weighted by Gasteiger charge is 2.52. The van der Waals surface area contributed by atoms with Crippen molar-refractivity contribution in [1.82, 2.24) is 0 Å². The van der Waals surface area contributed by atoms with Crippen LogP contribution < -0.4 is 0 Å². The van der Waals surface area contributed by atoms with Crippen LogP contribution in [0.4, 0.5) is 5.69 Å². The average Bonchev–Trinajstić information content (AvgIpc) is 2.42. The van der Waals surface area contributed by atoms with Gasteiger partial charge in [-0.2, -0.15) is 4.58 Å². The topological polar surface area (TPSA) is 61.9 Å². The summed E-state index contributed by atoms with van der Waals surface area (Å²) in [6.07, 6.45) is -0.222. The zero-order chi connectivity index (χ0) is 15.4. The molecule has 0 saturated carbocycles. The second-order valence-corrected chi connectivity index (χ2v) is 6.36. The molecule has 0 spiro atoms. The summed E-state index contributed by atoms with van der Waals surface area (Å²) >= 11 is 0. The molecule has 3 rings (SSSR count). The average molecular weight is 292 g/mol. The van der Waals surface area contributed by atoms with Gasteiger partial charge in [0.1, 0.15) is 30.4 Å². The van der Waals surface area contributed by atoms with E-state index in [1.807, 2.05) is 31.5 Å². The first-order valence-corrected chi connectivity index (χ1v) is 7.18. The molecular weight excluding hydrogens is 270 g/mol. The maximum absolute atomic E-state index is 10.3. The zero-order valence-electron chi connectivity index (χ0n) is 12.8. The van der Waals surface area contributed by atoms with Gasteiger partial charge >= 0.3 is 5.90 Å². The summed E-state index contributed by atoms with van der Waals surface area (Å²) in [4.78, 5) is 0. The Bertz CT molecular complexity index is 608. The van der Waals surface area contributed by atoms with Gasteiger partial charge in [0.15, 0.2) is 0 Å². The third-order valence-corrected chi connectivity index (χ3v) is 4.59. The number of methoxy groups -OCH3 is 1. The Morgan fingerprint density at radius 2 is 2.10 bits per heavy atom. The minimum absolute atomic E-state index is 0.0580. The molecular formula is C16H22NO4+. The van der Waals surface area contributed by atoms with E-state index in [-0.39, 0.29) is 17.8 Å². The van der Waals surface area contributed by atoms with Crippen molar-refractivity contribution in [3.63, 3.8) is 0 Å². The van der Waals surface area contributed by atoms with Crippen molar-refractivity contribution in [1.29, 1.82) is 0 Å². The number of aliphatic hydroxyl groups excluding tert-OH is 1. The lowest BCUT2D eigenvalue weighted by atomic mass is 9.80. The lowest BCUT2D eigenvalue weighted by molar-refractivity contribution is -0.432. The second-order valence-electron chi connectivity index (χ2n) is 6.36. The maximum Gasteiger partial charge on any atom is 0.348 e. The molecule has 1 saturated heterocycles. The van der Waals surface area contributed by atoms with Gasteiger partial charge < -0.3 is 19.7 Å². The molecule has 114 valence electrons. The highest BCUT2D eigenvalue weighted by molar-refractivity contribution is 5.80. The number of fused-ring (bicyclic) bond motifs is 2. The van der Waals surface area contributed by atoms with Crippen molar-refractivity contribution in [2.24, 2.45) is 5.92 Å². The molecule has 0 bridgehead atoms. The molecule has 1 aromatic carbocycles. The molecule has 2 heterocycles. The van der Waals surface area contributed by atoms with Gasteiger partial charge in [0.2, 0.25) is 5.69 Å². The summed E-state index contributed by atoms with van der Waals surface area (Å²) in [6.45, 7) is 3.78. The van der Waals surface area contributed by atoms with Gasteiger partial charge in [-0.3, -0.25) is 0 Å². The largest absolute Gasteiger partial charge is 0.508 e. The number of aromatic hydroxyl groups is 1. The van der Waals surface area contributed by atoms with Crippen LogP contribution >= 0.6 is 0 Å². The first kappa shape index (κ1) is 14.4. The van der Waals surface area contributed by atoms with Crippen molar-refractivity contribution in [3.8, 4) is 5.75 Å².